The number of rotatable bonds is 0. The van der Waals surface area contributed by atoms with Crippen molar-refractivity contribution in [3.63, 3.8) is 0 Å². The summed E-state index contributed by atoms with van der Waals surface area (Å²) >= 11 is 0. The molecule has 20 heavy (non-hydrogen) atoms. The highest BCUT2D eigenvalue weighted by atomic mass is 16.5. The van der Waals surface area contributed by atoms with Gasteiger partial charge in [-0.3, -0.25) is 4.79 Å². The summed E-state index contributed by atoms with van der Waals surface area (Å²) in [5.41, 5.74) is 3.44. The van der Waals surface area contributed by atoms with Crippen LogP contribution in [0.4, 0.5) is 0 Å². The Morgan fingerprint density at radius 1 is 1.05 bits per heavy atom. The zero-order valence-electron chi connectivity index (χ0n) is 11.6. The molecule has 0 N–H and O–H groups in total. The largest absolute Gasteiger partial charge is 0.486 e. The van der Waals surface area contributed by atoms with Gasteiger partial charge in [-0.05, 0) is 44.1 Å². The molecule has 2 aliphatic carbocycles. The Hall–Kier alpha value is -1.83. The topological polar surface area (TPSA) is 26.3 Å². The number of hydrogen-bond donors (Lipinski definition) is 0. The Morgan fingerprint density at radius 3 is 2.50 bits per heavy atom. The van der Waals surface area contributed by atoms with Crippen molar-refractivity contribution >= 4 is 17.1 Å². The standard InChI is InChI=1S/C18H18O2/c1-12-13-6-2-3-7-14(13)17-15(16(12)19)8-11-18(20-17)9-4-5-10-18/h2-3,6-7H,1,4-5,8-11H2. The van der Waals surface area contributed by atoms with E-state index in [0.717, 1.165) is 48.1 Å². The molecule has 1 aromatic rings. The lowest BCUT2D eigenvalue weighted by Crippen LogP contribution is -2.34. The molecule has 0 radical (unpaired) electrons. The molecule has 2 heteroatoms. The zero-order valence-corrected chi connectivity index (χ0v) is 11.6. The SMILES string of the molecule is C=C1C(=O)C2=C(OC3(CCCC3)CC2)c2ccccc21. The second-order valence-corrected chi connectivity index (χ2v) is 6.15. The molecular weight excluding hydrogens is 248 g/mol. The number of fused-ring (bicyclic) bond motifs is 2. The van der Waals surface area contributed by atoms with Crippen LogP contribution in [0, 0.1) is 0 Å². The highest BCUT2D eigenvalue weighted by Gasteiger charge is 2.43. The van der Waals surface area contributed by atoms with Crippen LogP contribution in [0.1, 0.15) is 49.7 Å². The van der Waals surface area contributed by atoms with Crippen LogP contribution < -0.4 is 0 Å². The van der Waals surface area contributed by atoms with Crippen molar-refractivity contribution in [2.45, 2.75) is 44.1 Å². The van der Waals surface area contributed by atoms with Gasteiger partial charge in [-0.1, -0.05) is 30.8 Å². The van der Waals surface area contributed by atoms with Crippen LogP contribution in [0.15, 0.2) is 36.4 Å². The average Bonchev–Trinajstić information content (AvgIpc) is 2.93. The van der Waals surface area contributed by atoms with Gasteiger partial charge in [-0.25, -0.2) is 0 Å². The van der Waals surface area contributed by atoms with Crippen molar-refractivity contribution < 1.29 is 9.53 Å². The van der Waals surface area contributed by atoms with Crippen molar-refractivity contribution in [2.75, 3.05) is 0 Å². The first-order chi connectivity index (χ1) is 9.70. The van der Waals surface area contributed by atoms with Gasteiger partial charge in [0.15, 0.2) is 5.78 Å². The number of hydrogen-bond acceptors (Lipinski definition) is 2. The van der Waals surface area contributed by atoms with E-state index < -0.39 is 0 Å². The molecule has 1 aliphatic heterocycles. The first-order valence-electron chi connectivity index (χ1n) is 7.46. The van der Waals surface area contributed by atoms with Crippen LogP contribution in [-0.4, -0.2) is 11.4 Å². The van der Waals surface area contributed by atoms with E-state index in [4.69, 9.17) is 4.74 Å². The number of carbonyl (C=O) groups excluding carboxylic acids is 1. The Labute approximate surface area is 119 Å². The minimum atomic E-state index is -0.00903. The van der Waals surface area contributed by atoms with E-state index in [1.165, 1.54) is 12.8 Å². The molecule has 0 amide bonds. The van der Waals surface area contributed by atoms with E-state index in [0.29, 0.717) is 5.57 Å². The summed E-state index contributed by atoms with van der Waals surface area (Å²) in [4.78, 5) is 12.5. The van der Waals surface area contributed by atoms with Gasteiger partial charge in [0.25, 0.3) is 0 Å². The van der Waals surface area contributed by atoms with Crippen LogP contribution >= 0.6 is 0 Å². The first kappa shape index (κ1) is 12.0. The van der Waals surface area contributed by atoms with Crippen LogP contribution in [-0.2, 0) is 9.53 Å². The lowest BCUT2D eigenvalue weighted by Gasteiger charge is -2.39. The summed E-state index contributed by atoms with van der Waals surface area (Å²) in [7, 11) is 0. The maximum absolute atomic E-state index is 12.5. The Balaban J connectivity index is 1.86. The van der Waals surface area contributed by atoms with Gasteiger partial charge in [0, 0.05) is 16.7 Å². The highest BCUT2D eigenvalue weighted by molar-refractivity contribution is 6.32. The fourth-order valence-corrected chi connectivity index (χ4v) is 3.85. The summed E-state index contributed by atoms with van der Waals surface area (Å²) in [5.74, 6) is 0.915. The van der Waals surface area contributed by atoms with Crippen LogP contribution in [0.5, 0.6) is 0 Å². The van der Waals surface area contributed by atoms with Gasteiger partial charge in [-0.15, -0.1) is 0 Å². The van der Waals surface area contributed by atoms with Crippen molar-refractivity contribution in [3.05, 3.63) is 47.5 Å². The molecule has 0 unspecified atom stereocenters. The Bertz CT molecular complexity index is 645. The van der Waals surface area contributed by atoms with Gasteiger partial charge in [0.05, 0.1) is 0 Å². The normalized spacial score (nSPS) is 23.6. The quantitative estimate of drug-likeness (QED) is 0.660. The molecule has 4 rings (SSSR count). The van der Waals surface area contributed by atoms with E-state index in [-0.39, 0.29) is 11.4 Å². The van der Waals surface area contributed by atoms with Crippen molar-refractivity contribution in [1.82, 2.24) is 0 Å². The molecule has 0 saturated heterocycles. The fourth-order valence-electron chi connectivity index (χ4n) is 3.85. The monoisotopic (exact) mass is 266 g/mol. The summed E-state index contributed by atoms with van der Waals surface area (Å²) in [5, 5.41) is 0. The number of Topliss-reactive ketones (excluding diaryl/α,β-unsaturated/α-hetero) is 1. The third kappa shape index (κ3) is 1.54. The lowest BCUT2D eigenvalue weighted by atomic mass is 9.80. The minimum absolute atomic E-state index is 0.00903. The lowest BCUT2D eigenvalue weighted by molar-refractivity contribution is -0.111. The highest BCUT2D eigenvalue weighted by Crippen LogP contribution is 2.49. The predicted molar refractivity (Wildman–Crippen MR) is 78.9 cm³/mol. The Kier molecular flexibility index (Phi) is 2.44. The molecule has 1 saturated carbocycles. The number of benzene rings is 1. The molecule has 0 aromatic heterocycles. The minimum Gasteiger partial charge on any atom is -0.486 e. The summed E-state index contributed by atoms with van der Waals surface area (Å²) in [6, 6.07) is 7.98. The second kappa shape index (κ2) is 4.08. The third-order valence-corrected chi connectivity index (χ3v) is 4.98. The molecule has 1 aromatic carbocycles. The van der Waals surface area contributed by atoms with E-state index in [9.17, 15) is 4.79 Å². The molecule has 2 nitrogen and oxygen atoms in total. The van der Waals surface area contributed by atoms with Gasteiger partial charge >= 0.3 is 0 Å². The first-order valence-corrected chi connectivity index (χ1v) is 7.46. The van der Waals surface area contributed by atoms with Crippen LogP contribution in [0.3, 0.4) is 0 Å². The van der Waals surface area contributed by atoms with Crippen LogP contribution in [0.25, 0.3) is 11.3 Å². The molecule has 0 atom stereocenters. The van der Waals surface area contributed by atoms with Gasteiger partial charge < -0.3 is 4.74 Å². The third-order valence-electron chi connectivity index (χ3n) is 4.98. The van der Waals surface area contributed by atoms with Crippen molar-refractivity contribution in [1.29, 1.82) is 0 Å². The molecule has 1 fully saturated rings. The van der Waals surface area contributed by atoms with Gasteiger partial charge in [0.1, 0.15) is 11.4 Å². The molecule has 102 valence electrons. The number of allylic oxidation sites excluding steroid dienone is 2. The number of ketones is 1. The molecule has 0 bridgehead atoms. The fraction of sp³-hybridized carbons (Fsp3) is 0.389. The predicted octanol–water partition coefficient (Wildman–Crippen LogP) is 4.12. The molecule has 1 heterocycles. The summed E-state index contributed by atoms with van der Waals surface area (Å²) in [6.45, 7) is 3.98. The smallest absolute Gasteiger partial charge is 0.192 e. The van der Waals surface area contributed by atoms with Crippen molar-refractivity contribution in [3.8, 4) is 0 Å². The van der Waals surface area contributed by atoms with Crippen molar-refractivity contribution in [2.24, 2.45) is 0 Å². The maximum atomic E-state index is 12.5. The van der Waals surface area contributed by atoms with E-state index >= 15 is 0 Å². The van der Waals surface area contributed by atoms with Gasteiger partial charge in [0.2, 0.25) is 0 Å². The number of ether oxygens (including phenoxy) is 1. The summed E-state index contributed by atoms with van der Waals surface area (Å²) in [6.07, 6.45) is 6.55. The zero-order chi connectivity index (χ0) is 13.7. The van der Waals surface area contributed by atoms with Crippen LogP contribution in [0.2, 0.25) is 0 Å². The molecule has 1 spiro atoms. The number of carbonyl (C=O) groups is 1. The average molecular weight is 266 g/mol. The second-order valence-electron chi connectivity index (χ2n) is 6.15. The van der Waals surface area contributed by atoms with Gasteiger partial charge in [-0.2, -0.15) is 0 Å². The molecule has 3 aliphatic rings. The summed E-state index contributed by atoms with van der Waals surface area (Å²) < 4.78 is 6.40. The Morgan fingerprint density at radius 2 is 1.75 bits per heavy atom. The van der Waals surface area contributed by atoms with E-state index in [1.54, 1.807) is 0 Å². The van der Waals surface area contributed by atoms with E-state index in [2.05, 4.69) is 12.6 Å². The maximum Gasteiger partial charge on any atom is 0.192 e. The molecular formula is C18H18O2. The van der Waals surface area contributed by atoms with E-state index in [1.807, 2.05) is 18.2 Å².